The Morgan fingerprint density at radius 3 is 2.44 bits per heavy atom. The van der Waals surface area contributed by atoms with E-state index in [1.165, 1.54) is 6.20 Å². The number of aromatic nitrogens is 1. The Morgan fingerprint density at radius 2 is 1.79 bits per heavy atom. The number of pyridine rings is 1. The molecule has 3 aromatic rings. The lowest BCUT2D eigenvalue weighted by Gasteiger charge is -2.36. The van der Waals surface area contributed by atoms with E-state index >= 15 is 4.39 Å². The first-order chi connectivity index (χ1) is 16.3. The average Bonchev–Trinajstić information content (AvgIpc) is 3.66. The fourth-order valence-electron chi connectivity index (χ4n) is 4.52. The second kappa shape index (κ2) is 8.76. The van der Waals surface area contributed by atoms with Crippen LogP contribution in [0.25, 0.3) is 10.9 Å². The number of hydrogen-bond acceptors (Lipinski definition) is 4. The number of carbonyl (C=O) groups excluding carboxylic acids is 1. The zero-order chi connectivity index (χ0) is 24.0. The molecule has 2 heterocycles. The number of rotatable bonds is 5. The van der Waals surface area contributed by atoms with Gasteiger partial charge in [0.15, 0.2) is 0 Å². The number of hydrogen-bond donors (Lipinski definition) is 1. The third-order valence-electron chi connectivity index (χ3n) is 6.54. The molecule has 1 aliphatic carbocycles. The molecule has 2 aliphatic rings. The zero-order valence-corrected chi connectivity index (χ0v) is 19.1. The molecule has 176 valence electrons. The lowest BCUT2D eigenvalue weighted by molar-refractivity contribution is -0.130. The molecular weight excluding hydrogens is 461 g/mol. The highest BCUT2D eigenvalue weighted by Gasteiger charge is 2.29. The van der Waals surface area contributed by atoms with Crippen LogP contribution in [-0.4, -0.2) is 52.6 Å². The highest BCUT2D eigenvalue weighted by molar-refractivity contribution is 6.31. The van der Waals surface area contributed by atoms with Gasteiger partial charge in [0.2, 0.25) is 11.3 Å². The lowest BCUT2D eigenvalue weighted by atomic mass is 10.1. The highest BCUT2D eigenvalue weighted by Crippen LogP contribution is 2.38. The van der Waals surface area contributed by atoms with Crippen molar-refractivity contribution >= 4 is 40.1 Å². The number of benzene rings is 2. The van der Waals surface area contributed by atoms with E-state index in [4.69, 9.17) is 11.6 Å². The van der Waals surface area contributed by atoms with E-state index in [-0.39, 0.29) is 29.3 Å². The SMILES string of the molecule is O=C(O)c1cn(C2CC2)c2cc(N3CCN(C(=O)Cc4ccccc4Cl)CC3)c(F)cc2c1=O. The summed E-state index contributed by atoms with van der Waals surface area (Å²) in [7, 11) is 0. The Labute approximate surface area is 200 Å². The first-order valence-electron chi connectivity index (χ1n) is 11.2. The van der Waals surface area contributed by atoms with E-state index in [1.54, 1.807) is 21.6 Å². The van der Waals surface area contributed by atoms with E-state index in [0.29, 0.717) is 42.4 Å². The fourth-order valence-corrected chi connectivity index (χ4v) is 4.72. The van der Waals surface area contributed by atoms with E-state index in [2.05, 4.69) is 0 Å². The number of fused-ring (bicyclic) bond motifs is 1. The maximum Gasteiger partial charge on any atom is 0.341 e. The molecule has 34 heavy (non-hydrogen) atoms. The first kappa shape index (κ1) is 22.4. The Bertz CT molecular complexity index is 1360. The van der Waals surface area contributed by atoms with Crippen molar-refractivity contribution in [2.24, 2.45) is 0 Å². The Kier molecular flexibility index (Phi) is 5.77. The minimum Gasteiger partial charge on any atom is -0.477 e. The van der Waals surface area contributed by atoms with Gasteiger partial charge in [0.1, 0.15) is 11.4 Å². The number of carboxylic acids is 1. The van der Waals surface area contributed by atoms with Crippen molar-refractivity contribution < 1.29 is 19.1 Å². The molecule has 1 saturated heterocycles. The minimum atomic E-state index is -1.32. The molecule has 1 aliphatic heterocycles. The second-order valence-electron chi connectivity index (χ2n) is 8.77. The topological polar surface area (TPSA) is 82.8 Å². The van der Waals surface area contributed by atoms with Crippen LogP contribution in [0.5, 0.6) is 0 Å². The van der Waals surface area contributed by atoms with Crippen LogP contribution >= 0.6 is 11.6 Å². The normalized spacial score (nSPS) is 16.2. The summed E-state index contributed by atoms with van der Waals surface area (Å²) in [6, 6.07) is 10.1. The number of nitrogens with zero attached hydrogens (tertiary/aromatic N) is 3. The zero-order valence-electron chi connectivity index (χ0n) is 18.3. The number of aromatic carboxylic acids is 1. The quantitative estimate of drug-likeness (QED) is 0.598. The summed E-state index contributed by atoms with van der Waals surface area (Å²) < 4.78 is 16.9. The van der Waals surface area contributed by atoms with Crippen molar-refractivity contribution in [3.05, 3.63) is 74.8 Å². The van der Waals surface area contributed by atoms with Gasteiger partial charge in [-0.3, -0.25) is 9.59 Å². The van der Waals surface area contributed by atoms with Crippen LogP contribution in [-0.2, 0) is 11.2 Å². The Morgan fingerprint density at radius 1 is 1.09 bits per heavy atom. The molecule has 0 spiro atoms. The van der Waals surface area contributed by atoms with Gasteiger partial charge < -0.3 is 19.5 Å². The first-order valence-corrected chi connectivity index (χ1v) is 11.6. The van der Waals surface area contributed by atoms with Crippen LogP contribution in [0.3, 0.4) is 0 Å². The van der Waals surface area contributed by atoms with Crippen molar-refractivity contribution in [2.45, 2.75) is 25.3 Å². The van der Waals surface area contributed by atoms with Gasteiger partial charge in [0.25, 0.3) is 0 Å². The predicted molar refractivity (Wildman–Crippen MR) is 127 cm³/mol. The molecule has 1 saturated carbocycles. The van der Waals surface area contributed by atoms with E-state index < -0.39 is 17.2 Å². The summed E-state index contributed by atoms with van der Waals surface area (Å²) in [6.07, 6.45) is 3.35. The van der Waals surface area contributed by atoms with Gasteiger partial charge in [-0.05, 0) is 36.6 Å². The van der Waals surface area contributed by atoms with E-state index in [0.717, 1.165) is 24.5 Å². The van der Waals surface area contributed by atoms with E-state index in [9.17, 15) is 19.5 Å². The van der Waals surface area contributed by atoms with Crippen LogP contribution in [0.2, 0.25) is 5.02 Å². The number of halogens is 2. The van der Waals surface area contributed by atoms with Crippen molar-refractivity contribution in [2.75, 3.05) is 31.1 Å². The maximum absolute atomic E-state index is 15.1. The van der Waals surface area contributed by atoms with Crippen molar-refractivity contribution in [1.82, 2.24) is 9.47 Å². The van der Waals surface area contributed by atoms with Crippen LogP contribution in [0.4, 0.5) is 10.1 Å². The number of carboxylic acid groups (broad SMARTS) is 1. The molecule has 9 heteroatoms. The number of carbonyl (C=O) groups is 2. The van der Waals surface area contributed by atoms with Crippen molar-refractivity contribution in [3.63, 3.8) is 0 Å². The molecule has 2 aromatic carbocycles. The molecule has 0 bridgehead atoms. The monoisotopic (exact) mass is 483 g/mol. The average molecular weight is 484 g/mol. The largest absolute Gasteiger partial charge is 0.477 e. The molecule has 1 aromatic heterocycles. The molecule has 0 radical (unpaired) electrons. The molecule has 7 nitrogen and oxygen atoms in total. The molecule has 0 atom stereocenters. The number of piperazine rings is 1. The number of amides is 1. The van der Waals surface area contributed by atoms with Crippen LogP contribution in [0.1, 0.15) is 34.8 Å². The van der Waals surface area contributed by atoms with Gasteiger partial charge in [0, 0.05) is 48.8 Å². The molecule has 0 unspecified atom stereocenters. The van der Waals surface area contributed by atoms with Gasteiger partial charge in [0.05, 0.1) is 17.6 Å². The fraction of sp³-hybridized carbons (Fsp3) is 0.320. The summed E-state index contributed by atoms with van der Waals surface area (Å²) in [5.74, 6) is -1.93. The maximum atomic E-state index is 15.1. The summed E-state index contributed by atoms with van der Waals surface area (Å²) in [6.45, 7) is 1.76. The lowest BCUT2D eigenvalue weighted by Crippen LogP contribution is -2.49. The van der Waals surface area contributed by atoms with Gasteiger partial charge in [-0.2, -0.15) is 0 Å². The smallest absolute Gasteiger partial charge is 0.341 e. The standard InChI is InChI=1S/C25H23ClFN3O4/c26-19-4-2-1-3-15(19)11-23(31)29-9-7-28(8-10-29)22-13-21-17(12-20(22)27)24(32)18(25(33)34)14-30(21)16-5-6-16/h1-4,12-14,16H,5-11H2,(H,33,34). The van der Waals surface area contributed by atoms with Crippen molar-refractivity contribution in [1.29, 1.82) is 0 Å². The van der Waals surface area contributed by atoms with Crippen LogP contribution in [0.15, 0.2) is 47.4 Å². The summed E-state index contributed by atoms with van der Waals surface area (Å²) in [5, 5.41) is 10.0. The number of anilines is 1. The minimum absolute atomic E-state index is 0.0319. The van der Waals surface area contributed by atoms with Gasteiger partial charge in [-0.15, -0.1) is 0 Å². The van der Waals surface area contributed by atoms with E-state index in [1.807, 2.05) is 23.1 Å². The second-order valence-corrected chi connectivity index (χ2v) is 9.18. The van der Waals surface area contributed by atoms with Gasteiger partial charge >= 0.3 is 5.97 Å². The predicted octanol–water partition coefficient (Wildman–Crippen LogP) is 3.72. The third-order valence-corrected chi connectivity index (χ3v) is 6.91. The Hall–Kier alpha value is -3.39. The van der Waals surface area contributed by atoms with Gasteiger partial charge in [-0.1, -0.05) is 29.8 Å². The van der Waals surface area contributed by atoms with Crippen molar-refractivity contribution in [3.8, 4) is 0 Å². The summed E-state index contributed by atoms with van der Waals surface area (Å²) in [5.41, 5.74) is 0.627. The third kappa shape index (κ3) is 4.14. The molecular formula is C25H23ClFN3O4. The summed E-state index contributed by atoms with van der Waals surface area (Å²) in [4.78, 5) is 40.5. The highest BCUT2D eigenvalue weighted by atomic mass is 35.5. The van der Waals surface area contributed by atoms with Crippen LogP contribution in [0, 0.1) is 5.82 Å². The van der Waals surface area contributed by atoms with Crippen LogP contribution < -0.4 is 10.3 Å². The Balaban J connectivity index is 1.38. The summed E-state index contributed by atoms with van der Waals surface area (Å²) >= 11 is 6.18. The molecule has 2 fully saturated rings. The molecule has 5 rings (SSSR count). The molecule has 1 N–H and O–H groups in total. The van der Waals surface area contributed by atoms with Gasteiger partial charge in [-0.25, -0.2) is 9.18 Å². The molecule has 1 amide bonds.